The molecule has 3 aliphatic rings. The van der Waals surface area contributed by atoms with Crippen LogP contribution in [0.3, 0.4) is 0 Å². The second-order valence-electron chi connectivity index (χ2n) is 12.6. The zero-order chi connectivity index (χ0) is 32.8. The fourth-order valence-electron chi connectivity index (χ4n) is 6.83. The summed E-state index contributed by atoms with van der Waals surface area (Å²) in [6.45, 7) is 3.74. The number of amides is 1. The molecule has 1 N–H and O–H groups in total. The van der Waals surface area contributed by atoms with Gasteiger partial charge in [0.15, 0.2) is 0 Å². The van der Waals surface area contributed by atoms with Crippen molar-refractivity contribution in [2.75, 3.05) is 36.9 Å². The first-order chi connectivity index (χ1) is 22.6. The Morgan fingerprint density at radius 3 is 2.62 bits per heavy atom. The van der Waals surface area contributed by atoms with Crippen LogP contribution < -0.4 is 20.5 Å². The molecular formula is C35H37FN6O5. The third-order valence-corrected chi connectivity index (χ3v) is 9.15. The maximum atomic E-state index is 15.5. The van der Waals surface area contributed by atoms with E-state index in [0.29, 0.717) is 52.7 Å². The molecule has 47 heavy (non-hydrogen) atoms. The van der Waals surface area contributed by atoms with Crippen LogP contribution in [0.1, 0.15) is 47.1 Å². The number of benzene rings is 1. The number of halogens is 1. The van der Waals surface area contributed by atoms with Crippen LogP contribution in [-0.2, 0) is 42.6 Å². The van der Waals surface area contributed by atoms with Gasteiger partial charge < -0.3 is 28.8 Å². The predicted molar refractivity (Wildman–Crippen MR) is 175 cm³/mol. The Labute approximate surface area is 271 Å². The molecule has 1 aromatic carbocycles. The van der Waals surface area contributed by atoms with Crippen molar-refractivity contribution in [3.63, 3.8) is 0 Å². The molecule has 0 radical (unpaired) electrons. The normalized spacial score (nSPS) is 16.3. The van der Waals surface area contributed by atoms with Crippen LogP contribution in [0.2, 0.25) is 0 Å². The van der Waals surface area contributed by atoms with Gasteiger partial charge in [0.25, 0.3) is 11.5 Å². The highest BCUT2D eigenvalue weighted by atomic mass is 19.1. The molecule has 244 valence electrons. The Morgan fingerprint density at radius 1 is 1.06 bits per heavy atom. The van der Waals surface area contributed by atoms with Crippen molar-refractivity contribution in [1.82, 2.24) is 19.0 Å². The van der Waals surface area contributed by atoms with Gasteiger partial charge in [0, 0.05) is 63.2 Å². The van der Waals surface area contributed by atoms with Crippen molar-refractivity contribution >= 4 is 29.1 Å². The maximum Gasteiger partial charge on any atom is 0.302 e. The summed E-state index contributed by atoms with van der Waals surface area (Å²) in [7, 11) is 3.63. The number of nitrogens with one attached hydrogen (secondary N) is 1. The van der Waals surface area contributed by atoms with Crippen LogP contribution in [0.15, 0.2) is 53.6 Å². The standard InChI is InChI=1S/C35H37FN6O5/c1-21(43)46-20-28-27(14-24(36)15-31(28)42-11-10-41-30-7-5-4-6-22(30)13-32(41)35(42)45)23-12-29(34(44)40(3)17-23)38-33-9-8-25(16-37-33)47-26-18-39(2)19-26/h8-9,12-17,26H,4-7,10-11,18-20H2,1-3H3,(H,37,38). The molecule has 4 aromatic rings. The number of ether oxygens (including phenoxy) is 2. The number of carbonyl (C=O) groups excluding carboxylic acids is 2. The molecule has 5 heterocycles. The fourth-order valence-corrected chi connectivity index (χ4v) is 6.83. The number of pyridine rings is 2. The second kappa shape index (κ2) is 12.3. The first-order valence-electron chi connectivity index (χ1n) is 15.9. The molecule has 3 aromatic heterocycles. The van der Waals surface area contributed by atoms with Crippen molar-refractivity contribution in [2.45, 2.75) is 51.9 Å². The third-order valence-electron chi connectivity index (χ3n) is 9.15. The molecule has 0 atom stereocenters. The minimum absolute atomic E-state index is 0.123. The highest BCUT2D eigenvalue weighted by Gasteiger charge is 2.32. The maximum absolute atomic E-state index is 15.5. The molecular weight excluding hydrogens is 603 g/mol. The van der Waals surface area contributed by atoms with E-state index in [1.165, 1.54) is 34.9 Å². The quantitative estimate of drug-likeness (QED) is 0.282. The van der Waals surface area contributed by atoms with Gasteiger partial charge in [0.1, 0.15) is 41.5 Å². The zero-order valence-electron chi connectivity index (χ0n) is 26.7. The lowest BCUT2D eigenvalue weighted by Gasteiger charge is -2.35. The van der Waals surface area contributed by atoms with Gasteiger partial charge in [0.2, 0.25) is 0 Å². The number of aromatic nitrogens is 3. The molecule has 1 amide bonds. The van der Waals surface area contributed by atoms with Gasteiger partial charge in [-0.05, 0) is 80.3 Å². The highest BCUT2D eigenvalue weighted by molar-refractivity contribution is 6.07. The lowest BCUT2D eigenvalue weighted by Crippen LogP contribution is -2.51. The van der Waals surface area contributed by atoms with Gasteiger partial charge in [-0.15, -0.1) is 0 Å². The molecule has 1 aliphatic carbocycles. The molecule has 12 heteroatoms. The summed E-state index contributed by atoms with van der Waals surface area (Å²) < 4.78 is 30.4. The number of hydrogen-bond donors (Lipinski definition) is 1. The van der Waals surface area contributed by atoms with Crippen LogP contribution >= 0.6 is 0 Å². The second-order valence-corrected chi connectivity index (χ2v) is 12.6. The van der Waals surface area contributed by atoms with E-state index < -0.39 is 11.8 Å². The summed E-state index contributed by atoms with van der Waals surface area (Å²) in [4.78, 5) is 47.3. The molecule has 0 saturated carbocycles. The van der Waals surface area contributed by atoms with Gasteiger partial charge in [-0.2, -0.15) is 0 Å². The van der Waals surface area contributed by atoms with E-state index in [-0.39, 0.29) is 29.9 Å². The summed E-state index contributed by atoms with van der Waals surface area (Å²) >= 11 is 0. The van der Waals surface area contributed by atoms with Gasteiger partial charge in [-0.3, -0.25) is 19.3 Å². The molecule has 0 spiro atoms. The molecule has 11 nitrogen and oxygen atoms in total. The van der Waals surface area contributed by atoms with Crippen LogP contribution in [0.4, 0.5) is 21.6 Å². The third kappa shape index (κ3) is 6.00. The SMILES string of the molecule is CC(=O)OCc1c(-c2cc(Nc3ccc(OC4CN(C)C4)cn3)c(=O)n(C)c2)cc(F)cc1N1CCn2c(cc3c2CCCC3)C1=O. The summed E-state index contributed by atoms with van der Waals surface area (Å²) in [5.74, 6) is -0.229. The Hall–Kier alpha value is -4.97. The first-order valence-corrected chi connectivity index (χ1v) is 15.9. The number of hydrogen-bond acceptors (Lipinski definition) is 8. The van der Waals surface area contributed by atoms with E-state index in [1.54, 1.807) is 42.5 Å². The van der Waals surface area contributed by atoms with E-state index in [1.807, 2.05) is 13.1 Å². The average Bonchev–Trinajstić information content (AvgIpc) is 3.42. The van der Waals surface area contributed by atoms with Crippen LogP contribution in [-0.4, -0.2) is 63.7 Å². The average molecular weight is 641 g/mol. The molecule has 0 bridgehead atoms. The van der Waals surface area contributed by atoms with Gasteiger partial charge in [-0.25, -0.2) is 9.37 Å². The summed E-state index contributed by atoms with van der Waals surface area (Å²) in [5.41, 5.74) is 4.59. The number of esters is 1. The van der Waals surface area contributed by atoms with E-state index in [4.69, 9.17) is 9.47 Å². The van der Waals surface area contributed by atoms with Gasteiger partial charge in [-0.1, -0.05) is 0 Å². The Balaban J connectivity index is 1.24. The van der Waals surface area contributed by atoms with Crippen molar-refractivity contribution < 1.29 is 23.5 Å². The smallest absolute Gasteiger partial charge is 0.302 e. The van der Waals surface area contributed by atoms with Crippen molar-refractivity contribution in [1.29, 1.82) is 0 Å². The number of nitrogens with zero attached hydrogens (tertiary/aromatic N) is 5. The molecule has 2 aliphatic heterocycles. The van der Waals surface area contributed by atoms with E-state index in [9.17, 15) is 14.4 Å². The Morgan fingerprint density at radius 2 is 1.87 bits per heavy atom. The summed E-state index contributed by atoms with van der Waals surface area (Å²) in [5, 5.41) is 3.09. The predicted octanol–water partition coefficient (Wildman–Crippen LogP) is 4.43. The number of anilines is 3. The van der Waals surface area contributed by atoms with Crippen molar-refractivity contribution in [3.8, 4) is 16.9 Å². The number of rotatable bonds is 8. The van der Waals surface area contributed by atoms with Crippen LogP contribution in [0.5, 0.6) is 5.75 Å². The topological polar surface area (TPSA) is 111 Å². The molecule has 1 fully saturated rings. The largest absolute Gasteiger partial charge is 0.486 e. The van der Waals surface area contributed by atoms with Gasteiger partial charge in [0.05, 0.1) is 11.9 Å². The van der Waals surface area contributed by atoms with Gasteiger partial charge >= 0.3 is 5.97 Å². The highest BCUT2D eigenvalue weighted by Crippen LogP contribution is 2.37. The lowest BCUT2D eigenvalue weighted by molar-refractivity contribution is -0.142. The Bertz CT molecular complexity index is 1930. The number of fused-ring (bicyclic) bond motifs is 3. The van der Waals surface area contributed by atoms with Crippen LogP contribution in [0, 0.1) is 5.82 Å². The van der Waals surface area contributed by atoms with Crippen molar-refractivity contribution in [3.05, 3.63) is 87.5 Å². The number of likely N-dealkylation sites (tertiary alicyclic amines) is 1. The summed E-state index contributed by atoms with van der Waals surface area (Å²) in [6, 6.07) is 9.76. The lowest BCUT2D eigenvalue weighted by atomic mass is 9.97. The number of carbonyl (C=O) groups is 2. The Kier molecular flexibility index (Phi) is 8.04. The van der Waals surface area contributed by atoms with E-state index in [0.717, 1.165) is 38.8 Å². The van der Waals surface area contributed by atoms with Crippen molar-refractivity contribution in [2.24, 2.45) is 7.05 Å². The number of likely N-dealkylation sites (N-methyl/N-ethyl adjacent to an activating group) is 1. The van der Waals surface area contributed by atoms with E-state index >= 15 is 4.39 Å². The number of aryl methyl sites for hydroxylation is 2. The molecule has 1 saturated heterocycles. The summed E-state index contributed by atoms with van der Waals surface area (Å²) in [6.07, 6.45) is 7.41. The first kappa shape index (κ1) is 30.7. The molecule has 7 rings (SSSR count). The fraction of sp³-hybridized carbons (Fsp3) is 0.371. The zero-order valence-corrected chi connectivity index (χ0v) is 26.7. The monoisotopic (exact) mass is 640 g/mol. The van der Waals surface area contributed by atoms with E-state index in [2.05, 4.69) is 19.8 Å². The molecule has 0 unspecified atom stereocenters. The van der Waals surface area contributed by atoms with Crippen LogP contribution in [0.25, 0.3) is 11.1 Å². The minimum atomic E-state index is -0.562. The minimum Gasteiger partial charge on any atom is -0.486 e.